The van der Waals surface area contributed by atoms with Crippen LogP contribution in [0.1, 0.15) is 10.4 Å². The molecular formula is C14H14O4. The Labute approximate surface area is 105 Å². The van der Waals surface area contributed by atoms with Gasteiger partial charge in [-0.25, -0.2) is 4.79 Å². The molecule has 4 heteroatoms. The van der Waals surface area contributed by atoms with Crippen molar-refractivity contribution in [3.05, 3.63) is 42.0 Å². The zero-order valence-corrected chi connectivity index (χ0v) is 10.1. The van der Waals surface area contributed by atoms with Crippen molar-refractivity contribution >= 4 is 16.7 Å². The summed E-state index contributed by atoms with van der Waals surface area (Å²) in [7, 11) is 1.53. The Bertz CT molecular complexity index is 563. The maximum atomic E-state index is 11.7. The molecule has 0 aliphatic carbocycles. The summed E-state index contributed by atoms with van der Waals surface area (Å²) in [5.74, 6) is -0.619. The van der Waals surface area contributed by atoms with E-state index in [9.17, 15) is 9.90 Å². The Morgan fingerprint density at radius 2 is 1.83 bits per heavy atom. The summed E-state index contributed by atoms with van der Waals surface area (Å²) in [6.07, 6.45) is 0. The number of carbonyl (C=O) groups is 1. The summed E-state index contributed by atoms with van der Waals surface area (Å²) in [6, 6.07) is 10.7. The van der Waals surface area contributed by atoms with Gasteiger partial charge in [-0.15, -0.1) is 0 Å². The lowest BCUT2D eigenvalue weighted by Gasteiger charge is -2.07. The molecule has 0 saturated carbocycles. The number of hydrogen-bond donors (Lipinski definition) is 1. The highest BCUT2D eigenvalue weighted by Gasteiger charge is 2.13. The van der Waals surface area contributed by atoms with Crippen LogP contribution in [0.4, 0.5) is 0 Å². The van der Waals surface area contributed by atoms with Crippen molar-refractivity contribution in [3.63, 3.8) is 0 Å². The number of hydrogen-bond acceptors (Lipinski definition) is 4. The number of ether oxygens (including phenoxy) is 2. The molecule has 0 aliphatic heterocycles. The van der Waals surface area contributed by atoms with Crippen molar-refractivity contribution in [1.82, 2.24) is 0 Å². The van der Waals surface area contributed by atoms with E-state index in [1.54, 1.807) is 12.1 Å². The molecule has 18 heavy (non-hydrogen) atoms. The Morgan fingerprint density at radius 3 is 2.50 bits per heavy atom. The second-order valence-electron chi connectivity index (χ2n) is 3.85. The van der Waals surface area contributed by atoms with Gasteiger partial charge in [0.15, 0.2) is 0 Å². The first-order chi connectivity index (χ1) is 8.72. The van der Waals surface area contributed by atoms with Crippen LogP contribution in [0.15, 0.2) is 36.4 Å². The summed E-state index contributed by atoms with van der Waals surface area (Å²) >= 11 is 0. The molecule has 2 aromatic rings. The third-order valence-electron chi connectivity index (χ3n) is 2.60. The molecule has 1 N–H and O–H groups in total. The Hall–Kier alpha value is -2.07. The third kappa shape index (κ3) is 2.60. The number of esters is 1. The van der Waals surface area contributed by atoms with Crippen molar-refractivity contribution in [1.29, 1.82) is 0 Å². The summed E-state index contributed by atoms with van der Waals surface area (Å²) in [4.78, 5) is 11.7. The predicted molar refractivity (Wildman–Crippen MR) is 67.8 cm³/mol. The van der Waals surface area contributed by atoms with Crippen LogP contribution in [0.25, 0.3) is 10.8 Å². The molecule has 0 radical (unpaired) electrons. The fourth-order valence-electron chi connectivity index (χ4n) is 1.69. The van der Waals surface area contributed by atoms with Gasteiger partial charge < -0.3 is 14.6 Å². The van der Waals surface area contributed by atoms with E-state index in [0.29, 0.717) is 6.61 Å². The quantitative estimate of drug-likeness (QED) is 0.664. The van der Waals surface area contributed by atoms with Crippen LogP contribution in [-0.4, -0.2) is 31.4 Å². The minimum absolute atomic E-state index is 0.0730. The second-order valence-corrected chi connectivity index (χ2v) is 3.85. The summed E-state index contributed by atoms with van der Waals surface area (Å²) in [6.45, 7) is 0.502. The maximum absolute atomic E-state index is 11.7. The third-order valence-corrected chi connectivity index (χ3v) is 2.60. The summed E-state index contributed by atoms with van der Waals surface area (Å²) < 4.78 is 9.76. The molecule has 94 valence electrons. The first-order valence-electron chi connectivity index (χ1n) is 5.60. The van der Waals surface area contributed by atoms with Gasteiger partial charge in [0.25, 0.3) is 0 Å². The average molecular weight is 246 g/mol. The molecule has 0 saturated heterocycles. The van der Waals surface area contributed by atoms with E-state index < -0.39 is 5.97 Å². The van der Waals surface area contributed by atoms with E-state index in [0.717, 1.165) is 10.8 Å². The van der Waals surface area contributed by atoms with E-state index >= 15 is 0 Å². The molecule has 0 fully saturated rings. The van der Waals surface area contributed by atoms with Crippen molar-refractivity contribution < 1.29 is 19.4 Å². The zero-order chi connectivity index (χ0) is 13.0. The number of phenolic OH excluding ortho intramolecular Hbond substituents is 1. The number of phenols is 1. The minimum Gasteiger partial charge on any atom is -0.507 e. The van der Waals surface area contributed by atoms with Gasteiger partial charge in [-0.05, 0) is 22.9 Å². The van der Waals surface area contributed by atoms with Crippen LogP contribution in [0.3, 0.4) is 0 Å². The first-order valence-corrected chi connectivity index (χ1v) is 5.60. The molecule has 0 spiro atoms. The Balaban J connectivity index is 2.27. The second kappa shape index (κ2) is 5.51. The molecular weight excluding hydrogens is 232 g/mol. The van der Waals surface area contributed by atoms with Gasteiger partial charge in [0.2, 0.25) is 0 Å². The van der Waals surface area contributed by atoms with Gasteiger partial charge in [-0.2, -0.15) is 0 Å². The standard InChI is InChI=1S/C14H14O4/c1-17-6-7-18-14(16)12-8-10-4-2-3-5-11(10)9-13(12)15/h2-5,8-9,15H,6-7H2,1H3. The van der Waals surface area contributed by atoms with E-state index in [-0.39, 0.29) is 17.9 Å². The molecule has 0 amide bonds. The molecule has 4 nitrogen and oxygen atoms in total. The Morgan fingerprint density at radius 1 is 1.17 bits per heavy atom. The molecule has 0 unspecified atom stereocenters. The lowest BCUT2D eigenvalue weighted by atomic mass is 10.1. The number of fused-ring (bicyclic) bond motifs is 1. The largest absolute Gasteiger partial charge is 0.507 e. The lowest BCUT2D eigenvalue weighted by molar-refractivity contribution is 0.0385. The number of benzene rings is 2. The topological polar surface area (TPSA) is 55.8 Å². The smallest absolute Gasteiger partial charge is 0.342 e. The number of aromatic hydroxyl groups is 1. The van der Waals surface area contributed by atoms with E-state index in [1.165, 1.54) is 7.11 Å². The molecule has 0 aliphatic rings. The fraction of sp³-hybridized carbons (Fsp3) is 0.214. The lowest BCUT2D eigenvalue weighted by Crippen LogP contribution is -2.10. The monoisotopic (exact) mass is 246 g/mol. The SMILES string of the molecule is COCCOC(=O)c1cc2ccccc2cc1O. The molecule has 0 aromatic heterocycles. The van der Waals surface area contributed by atoms with Crippen molar-refractivity contribution in [2.75, 3.05) is 20.3 Å². The number of methoxy groups -OCH3 is 1. The predicted octanol–water partition coefficient (Wildman–Crippen LogP) is 2.35. The van der Waals surface area contributed by atoms with E-state index in [4.69, 9.17) is 9.47 Å². The van der Waals surface area contributed by atoms with E-state index in [1.807, 2.05) is 24.3 Å². The maximum Gasteiger partial charge on any atom is 0.342 e. The highest BCUT2D eigenvalue weighted by molar-refractivity contribution is 5.98. The average Bonchev–Trinajstić information content (AvgIpc) is 2.38. The molecule has 2 rings (SSSR count). The van der Waals surface area contributed by atoms with Crippen LogP contribution < -0.4 is 0 Å². The van der Waals surface area contributed by atoms with Crippen LogP contribution in [-0.2, 0) is 9.47 Å². The van der Waals surface area contributed by atoms with Gasteiger partial charge in [0.05, 0.1) is 6.61 Å². The Kier molecular flexibility index (Phi) is 3.79. The molecule has 0 heterocycles. The summed E-state index contributed by atoms with van der Waals surface area (Å²) in [5.41, 5.74) is 0.171. The molecule has 2 aromatic carbocycles. The zero-order valence-electron chi connectivity index (χ0n) is 10.1. The normalized spacial score (nSPS) is 10.5. The van der Waals surface area contributed by atoms with Crippen LogP contribution in [0.2, 0.25) is 0 Å². The van der Waals surface area contributed by atoms with Crippen LogP contribution in [0.5, 0.6) is 5.75 Å². The molecule has 0 atom stereocenters. The van der Waals surface area contributed by atoms with E-state index in [2.05, 4.69) is 0 Å². The van der Waals surface area contributed by atoms with Crippen LogP contribution >= 0.6 is 0 Å². The highest BCUT2D eigenvalue weighted by Crippen LogP contribution is 2.25. The van der Waals surface area contributed by atoms with Crippen molar-refractivity contribution in [3.8, 4) is 5.75 Å². The highest BCUT2D eigenvalue weighted by atomic mass is 16.6. The number of carbonyl (C=O) groups excluding carboxylic acids is 1. The van der Waals surface area contributed by atoms with Gasteiger partial charge in [0.1, 0.15) is 17.9 Å². The van der Waals surface area contributed by atoms with Gasteiger partial charge >= 0.3 is 5.97 Å². The van der Waals surface area contributed by atoms with Gasteiger partial charge in [-0.3, -0.25) is 0 Å². The first kappa shape index (κ1) is 12.4. The summed E-state index contributed by atoms with van der Waals surface area (Å²) in [5, 5.41) is 11.6. The molecule has 0 bridgehead atoms. The minimum atomic E-state index is -0.546. The van der Waals surface area contributed by atoms with Crippen molar-refractivity contribution in [2.45, 2.75) is 0 Å². The number of rotatable bonds is 4. The van der Waals surface area contributed by atoms with Gasteiger partial charge in [-0.1, -0.05) is 24.3 Å². The van der Waals surface area contributed by atoms with Crippen LogP contribution in [0, 0.1) is 0 Å². The van der Waals surface area contributed by atoms with Gasteiger partial charge in [0, 0.05) is 7.11 Å². The fourth-order valence-corrected chi connectivity index (χ4v) is 1.69. The van der Waals surface area contributed by atoms with Crippen molar-refractivity contribution in [2.24, 2.45) is 0 Å².